The van der Waals surface area contributed by atoms with E-state index in [9.17, 15) is 9.59 Å². The molecule has 1 rings (SSSR count). The molecule has 0 heterocycles. The van der Waals surface area contributed by atoms with Crippen LogP contribution >= 0.6 is 0 Å². The number of hydrogen-bond donors (Lipinski definition) is 1. The monoisotopic (exact) mass is 265 g/mol. The molecule has 1 N–H and O–H groups in total. The van der Waals surface area contributed by atoms with Crippen LogP contribution in [-0.4, -0.2) is 31.6 Å². The summed E-state index contributed by atoms with van der Waals surface area (Å²) in [6.07, 6.45) is 0. The topological polar surface area (TPSA) is 64.6 Å². The van der Waals surface area contributed by atoms with Crippen molar-refractivity contribution in [3.63, 3.8) is 0 Å². The van der Waals surface area contributed by atoms with E-state index >= 15 is 0 Å². The lowest BCUT2D eigenvalue weighted by molar-refractivity contribution is -0.124. The van der Waals surface area contributed by atoms with E-state index in [2.05, 4.69) is 5.32 Å². The quantitative estimate of drug-likeness (QED) is 0.823. The summed E-state index contributed by atoms with van der Waals surface area (Å²) in [6, 6.07) is 5.21. The minimum Gasteiger partial charge on any atom is -0.496 e. The van der Waals surface area contributed by atoms with Crippen molar-refractivity contribution in [2.24, 2.45) is 0 Å². The van der Waals surface area contributed by atoms with Crippen LogP contribution < -0.4 is 10.1 Å². The number of hydrogen-bond acceptors (Lipinski definition) is 4. The maximum absolute atomic E-state index is 11.9. The van der Waals surface area contributed by atoms with Gasteiger partial charge in [0.15, 0.2) is 6.61 Å². The molecule has 1 aromatic rings. The molecule has 1 amide bonds. The Bertz CT molecular complexity index is 469. The average molecular weight is 265 g/mol. The lowest BCUT2D eigenvalue weighted by Crippen LogP contribution is -2.34. The molecule has 0 saturated carbocycles. The van der Waals surface area contributed by atoms with Gasteiger partial charge in [-0.25, -0.2) is 4.79 Å². The summed E-state index contributed by atoms with van der Waals surface area (Å²) in [7, 11) is 1.48. The number of rotatable bonds is 5. The fraction of sp³-hybridized carbons (Fsp3) is 0.429. The smallest absolute Gasteiger partial charge is 0.342 e. The van der Waals surface area contributed by atoms with E-state index in [4.69, 9.17) is 9.47 Å². The molecule has 5 heteroatoms. The number of carbonyl (C=O) groups excluding carboxylic acids is 2. The predicted octanol–water partition coefficient (Wildman–Crippen LogP) is 1.69. The van der Waals surface area contributed by atoms with E-state index in [1.807, 2.05) is 26.8 Å². The van der Waals surface area contributed by atoms with Gasteiger partial charge in [0.1, 0.15) is 11.3 Å². The third kappa shape index (κ3) is 4.62. The molecular formula is C14H19NO4. The lowest BCUT2D eigenvalue weighted by atomic mass is 10.1. The molecule has 0 aliphatic rings. The SMILES string of the molecule is COc1ccc(C)cc1C(=O)OCC(=O)NC(C)C. The van der Waals surface area contributed by atoms with Gasteiger partial charge < -0.3 is 14.8 Å². The number of nitrogens with one attached hydrogen (secondary N) is 1. The van der Waals surface area contributed by atoms with Crippen molar-refractivity contribution in [2.75, 3.05) is 13.7 Å². The maximum atomic E-state index is 11.9. The second-order valence-corrected chi connectivity index (χ2v) is 4.50. The zero-order valence-corrected chi connectivity index (χ0v) is 11.6. The minimum atomic E-state index is -0.570. The molecule has 0 radical (unpaired) electrons. The van der Waals surface area contributed by atoms with E-state index in [1.165, 1.54) is 7.11 Å². The van der Waals surface area contributed by atoms with Gasteiger partial charge in [0.05, 0.1) is 7.11 Å². The van der Waals surface area contributed by atoms with Crippen LogP contribution in [0.25, 0.3) is 0 Å². The highest BCUT2D eigenvalue weighted by Gasteiger charge is 2.15. The molecule has 0 aliphatic heterocycles. The van der Waals surface area contributed by atoms with Gasteiger partial charge in [-0.2, -0.15) is 0 Å². The fourth-order valence-electron chi connectivity index (χ4n) is 1.55. The van der Waals surface area contributed by atoms with Crippen LogP contribution in [0, 0.1) is 6.92 Å². The van der Waals surface area contributed by atoms with Gasteiger partial charge >= 0.3 is 5.97 Å². The molecule has 0 saturated heterocycles. The lowest BCUT2D eigenvalue weighted by Gasteiger charge is -2.11. The molecule has 104 valence electrons. The van der Waals surface area contributed by atoms with Crippen LogP contribution in [0.4, 0.5) is 0 Å². The van der Waals surface area contributed by atoms with E-state index in [-0.39, 0.29) is 18.6 Å². The van der Waals surface area contributed by atoms with E-state index in [1.54, 1.807) is 12.1 Å². The molecule has 19 heavy (non-hydrogen) atoms. The Morgan fingerprint density at radius 2 is 2.00 bits per heavy atom. The molecule has 0 unspecified atom stereocenters. The van der Waals surface area contributed by atoms with Gasteiger partial charge in [0, 0.05) is 6.04 Å². The van der Waals surface area contributed by atoms with Crippen LogP contribution in [0.1, 0.15) is 29.8 Å². The first-order chi connectivity index (χ1) is 8.93. The van der Waals surface area contributed by atoms with E-state index in [0.717, 1.165) is 5.56 Å². The average Bonchev–Trinajstić information content (AvgIpc) is 2.35. The standard InChI is InChI=1S/C14H19NO4/c1-9(2)15-13(16)8-19-14(17)11-7-10(3)5-6-12(11)18-4/h5-7,9H,8H2,1-4H3,(H,15,16). The van der Waals surface area contributed by atoms with Gasteiger partial charge in [-0.05, 0) is 32.9 Å². The summed E-state index contributed by atoms with van der Waals surface area (Å²) < 4.78 is 10.0. The third-order valence-corrected chi connectivity index (χ3v) is 2.36. The van der Waals surface area contributed by atoms with E-state index in [0.29, 0.717) is 11.3 Å². The Morgan fingerprint density at radius 1 is 1.32 bits per heavy atom. The highest BCUT2D eigenvalue weighted by molar-refractivity contribution is 5.94. The van der Waals surface area contributed by atoms with Crippen molar-refractivity contribution < 1.29 is 19.1 Å². The van der Waals surface area contributed by atoms with Gasteiger partial charge in [-0.3, -0.25) is 4.79 Å². The summed E-state index contributed by atoms with van der Waals surface area (Å²) in [4.78, 5) is 23.3. The molecule has 0 atom stereocenters. The number of amides is 1. The largest absolute Gasteiger partial charge is 0.496 e. The molecule has 0 bridgehead atoms. The number of carbonyl (C=O) groups is 2. The first kappa shape index (κ1) is 15.0. The van der Waals surface area contributed by atoms with Crippen molar-refractivity contribution in [3.05, 3.63) is 29.3 Å². The predicted molar refractivity (Wildman–Crippen MR) is 71.3 cm³/mol. The van der Waals surface area contributed by atoms with Gasteiger partial charge in [-0.1, -0.05) is 11.6 Å². The van der Waals surface area contributed by atoms with Crippen molar-refractivity contribution >= 4 is 11.9 Å². The van der Waals surface area contributed by atoms with Crippen LogP contribution in [-0.2, 0) is 9.53 Å². The number of methoxy groups -OCH3 is 1. The van der Waals surface area contributed by atoms with Gasteiger partial charge in [0.2, 0.25) is 0 Å². The van der Waals surface area contributed by atoms with Crippen LogP contribution in [0.5, 0.6) is 5.75 Å². The third-order valence-electron chi connectivity index (χ3n) is 2.36. The zero-order valence-electron chi connectivity index (χ0n) is 11.6. The molecule has 5 nitrogen and oxygen atoms in total. The fourth-order valence-corrected chi connectivity index (χ4v) is 1.55. The first-order valence-corrected chi connectivity index (χ1v) is 6.05. The summed E-state index contributed by atoms with van der Waals surface area (Å²) in [5.41, 5.74) is 1.24. The molecule has 0 spiro atoms. The Labute approximate surface area is 112 Å². The Hall–Kier alpha value is -2.04. The zero-order chi connectivity index (χ0) is 14.4. The number of esters is 1. The second kappa shape index (κ2) is 6.78. The molecular weight excluding hydrogens is 246 g/mol. The number of ether oxygens (including phenoxy) is 2. The van der Waals surface area contributed by atoms with Crippen LogP contribution in [0.15, 0.2) is 18.2 Å². The minimum absolute atomic E-state index is 0.0136. The highest BCUT2D eigenvalue weighted by Crippen LogP contribution is 2.20. The molecule has 0 aromatic heterocycles. The Kier molecular flexibility index (Phi) is 5.36. The van der Waals surface area contributed by atoms with Crippen molar-refractivity contribution in [3.8, 4) is 5.75 Å². The maximum Gasteiger partial charge on any atom is 0.342 e. The first-order valence-electron chi connectivity index (χ1n) is 6.05. The van der Waals surface area contributed by atoms with Crippen LogP contribution in [0.2, 0.25) is 0 Å². The second-order valence-electron chi connectivity index (χ2n) is 4.50. The van der Waals surface area contributed by atoms with Crippen molar-refractivity contribution in [1.82, 2.24) is 5.32 Å². The molecule has 1 aromatic carbocycles. The van der Waals surface area contributed by atoms with Gasteiger partial charge in [0.25, 0.3) is 5.91 Å². The summed E-state index contributed by atoms with van der Waals surface area (Å²) in [5.74, 6) is -0.464. The summed E-state index contributed by atoms with van der Waals surface area (Å²) >= 11 is 0. The van der Waals surface area contributed by atoms with Crippen molar-refractivity contribution in [2.45, 2.75) is 26.8 Å². The number of aryl methyl sites for hydroxylation is 1. The Balaban J connectivity index is 2.68. The highest BCUT2D eigenvalue weighted by atomic mass is 16.5. The van der Waals surface area contributed by atoms with Gasteiger partial charge in [-0.15, -0.1) is 0 Å². The van der Waals surface area contributed by atoms with E-state index < -0.39 is 5.97 Å². The number of benzene rings is 1. The van der Waals surface area contributed by atoms with Crippen molar-refractivity contribution in [1.29, 1.82) is 0 Å². The normalized spacial score (nSPS) is 10.2. The molecule has 0 aliphatic carbocycles. The molecule has 0 fully saturated rings. The summed E-state index contributed by atoms with van der Waals surface area (Å²) in [6.45, 7) is 5.24. The summed E-state index contributed by atoms with van der Waals surface area (Å²) in [5, 5.41) is 2.64. The Morgan fingerprint density at radius 3 is 2.58 bits per heavy atom. The van der Waals surface area contributed by atoms with Crippen LogP contribution in [0.3, 0.4) is 0 Å².